The maximum absolute atomic E-state index is 12.1. The van der Waals surface area contributed by atoms with Crippen molar-refractivity contribution in [3.05, 3.63) is 29.8 Å². The summed E-state index contributed by atoms with van der Waals surface area (Å²) in [4.78, 5) is 23.9. The molecule has 4 N–H and O–H groups in total. The van der Waals surface area contributed by atoms with Gasteiger partial charge in [0.25, 0.3) is 5.91 Å². The molecule has 1 aromatic carbocycles. The molecule has 0 spiro atoms. The van der Waals surface area contributed by atoms with Crippen molar-refractivity contribution in [3.8, 4) is 0 Å². The molecule has 116 valence electrons. The highest BCUT2D eigenvalue weighted by Gasteiger charge is 2.22. The van der Waals surface area contributed by atoms with E-state index in [1.807, 2.05) is 20.8 Å². The first-order valence-electron chi connectivity index (χ1n) is 7.08. The van der Waals surface area contributed by atoms with E-state index in [0.29, 0.717) is 11.3 Å². The van der Waals surface area contributed by atoms with Crippen LogP contribution in [-0.2, 0) is 4.79 Å². The number of hydrogen-bond donors (Lipinski definition) is 3. The van der Waals surface area contributed by atoms with Gasteiger partial charge >= 0.3 is 0 Å². The molecule has 0 aliphatic carbocycles. The number of hydrogen-bond acceptors (Lipinski definition) is 3. The van der Waals surface area contributed by atoms with Gasteiger partial charge in [-0.3, -0.25) is 9.59 Å². The lowest BCUT2D eigenvalue weighted by atomic mass is 10.0. The molecule has 0 aliphatic heterocycles. The van der Waals surface area contributed by atoms with Gasteiger partial charge in [-0.2, -0.15) is 0 Å². The largest absolute Gasteiger partial charge is 0.347 e. The van der Waals surface area contributed by atoms with Gasteiger partial charge in [-0.15, -0.1) is 0 Å². The molecule has 0 saturated heterocycles. The molecule has 21 heavy (non-hydrogen) atoms. The Morgan fingerprint density at radius 1 is 1.10 bits per heavy atom. The second-order valence-corrected chi connectivity index (χ2v) is 6.44. The summed E-state index contributed by atoms with van der Waals surface area (Å²) in [7, 11) is 0. The van der Waals surface area contributed by atoms with Crippen molar-refractivity contribution in [2.75, 3.05) is 5.32 Å². The Morgan fingerprint density at radius 2 is 1.62 bits per heavy atom. The van der Waals surface area contributed by atoms with Crippen LogP contribution < -0.4 is 16.4 Å². The van der Waals surface area contributed by atoms with Crippen molar-refractivity contribution >= 4 is 17.5 Å². The monoisotopic (exact) mass is 291 g/mol. The second-order valence-electron chi connectivity index (χ2n) is 6.44. The van der Waals surface area contributed by atoms with E-state index < -0.39 is 5.54 Å². The van der Waals surface area contributed by atoms with Gasteiger partial charge in [0.1, 0.15) is 0 Å². The molecular formula is C16H25N3O2. The van der Waals surface area contributed by atoms with E-state index in [9.17, 15) is 9.59 Å². The van der Waals surface area contributed by atoms with Crippen molar-refractivity contribution < 1.29 is 9.59 Å². The minimum atomic E-state index is -0.943. The summed E-state index contributed by atoms with van der Waals surface area (Å²) < 4.78 is 0. The lowest BCUT2D eigenvalue weighted by molar-refractivity contribution is -0.120. The predicted octanol–water partition coefficient (Wildman–Crippen LogP) is 2.28. The molecule has 5 nitrogen and oxygen atoms in total. The van der Waals surface area contributed by atoms with E-state index in [1.165, 1.54) is 0 Å². The second kappa shape index (κ2) is 6.26. The van der Waals surface area contributed by atoms with Crippen LogP contribution in [0.25, 0.3) is 0 Å². The Kier molecular flexibility index (Phi) is 5.12. The fourth-order valence-corrected chi connectivity index (χ4v) is 1.47. The SMILES string of the molecule is CCC(C)(C)NC(=O)c1ccc(NC(=O)C(C)(C)N)cc1. The highest BCUT2D eigenvalue weighted by Crippen LogP contribution is 2.13. The zero-order valence-electron chi connectivity index (χ0n) is 13.4. The van der Waals surface area contributed by atoms with Crippen molar-refractivity contribution in [1.29, 1.82) is 0 Å². The molecule has 0 aliphatic rings. The van der Waals surface area contributed by atoms with Crippen LogP contribution >= 0.6 is 0 Å². The predicted molar refractivity (Wildman–Crippen MR) is 85.2 cm³/mol. The molecule has 0 atom stereocenters. The number of anilines is 1. The smallest absolute Gasteiger partial charge is 0.251 e. The summed E-state index contributed by atoms with van der Waals surface area (Å²) in [5, 5.41) is 5.67. The lowest BCUT2D eigenvalue weighted by Crippen LogP contribution is -2.45. The van der Waals surface area contributed by atoms with Crippen LogP contribution in [0, 0.1) is 0 Å². The number of carbonyl (C=O) groups is 2. The minimum Gasteiger partial charge on any atom is -0.347 e. The van der Waals surface area contributed by atoms with E-state index >= 15 is 0 Å². The summed E-state index contributed by atoms with van der Waals surface area (Å²) >= 11 is 0. The van der Waals surface area contributed by atoms with Crippen molar-refractivity contribution in [3.63, 3.8) is 0 Å². The van der Waals surface area contributed by atoms with Gasteiger partial charge < -0.3 is 16.4 Å². The molecule has 1 rings (SSSR count). The Labute approximate surface area is 126 Å². The van der Waals surface area contributed by atoms with Crippen LogP contribution in [0.5, 0.6) is 0 Å². The number of nitrogens with one attached hydrogen (secondary N) is 2. The zero-order valence-corrected chi connectivity index (χ0v) is 13.4. The molecule has 0 saturated carbocycles. The van der Waals surface area contributed by atoms with Crippen LogP contribution in [0.3, 0.4) is 0 Å². The first kappa shape index (κ1) is 17.2. The molecule has 0 aromatic heterocycles. The first-order chi connectivity index (χ1) is 9.55. The van der Waals surface area contributed by atoms with Crippen LogP contribution in [0.4, 0.5) is 5.69 Å². The molecule has 0 unspecified atom stereocenters. The quantitative estimate of drug-likeness (QED) is 0.778. The fraction of sp³-hybridized carbons (Fsp3) is 0.500. The van der Waals surface area contributed by atoms with E-state index in [-0.39, 0.29) is 17.4 Å². The topological polar surface area (TPSA) is 84.2 Å². The van der Waals surface area contributed by atoms with Gasteiger partial charge in [-0.1, -0.05) is 6.92 Å². The van der Waals surface area contributed by atoms with E-state index in [4.69, 9.17) is 5.73 Å². The number of rotatable bonds is 5. The number of benzene rings is 1. The third-order valence-electron chi connectivity index (χ3n) is 3.33. The Bertz CT molecular complexity index is 513. The highest BCUT2D eigenvalue weighted by atomic mass is 16.2. The van der Waals surface area contributed by atoms with Gasteiger partial charge in [-0.05, 0) is 58.4 Å². The summed E-state index contributed by atoms with van der Waals surface area (Å²) in [6, 6.07) is 6.75. The molecule has 5 heteroatoms. The molecular weight excluding hydrogens is 266 g/mol. The molecule has 0 fully saturated rings. The third-order valence-corrected chi connectivity index (χ3v) is 3.33. The summed E-state index contributed by atoms with van der Waals surface area (Å²) in [5.74, 6) is -0.398. The molecule has 1 aromatic rings. The standard InChI is InChI=1S/C16H25N3O2/c1-6-15(2,3)19-13(20)11-7-9-12(10-8-11)18-14(21)16(4,5)17/h7-10H,6,17H2,1-5H3,(H,18,21)(H,19,20). The Morgan fingerprint density at radius 3 is 2.05 bits per heavy atom. The third kappa shape index (κ3) is 5.19. The number of nitrogens with two attached hydrogens (primary N) is 1. The van der Waals surface area contributed by atoms with Gasteiger partial charge in [0.15, 0.2) is 0 Å². The van der Waals surface area contributed by atoms with Crippen LogP contribution in [-0.4, -0.2) is 22.9 Å². The minimum absolute atomic E-state index is 0.126. The first-order valence-corrected chi connectivity index (χ1v) is 7.08. The molecule has 0 radical (unpaired) electrons. The van der Waals surface area contributed by atoms with Crippen molar-refractivity contribution in [2.24, 2.45) is 5.73 Å². The van der Waals surface area contributed by atoms with E-state index in [2.05, 4.69) is 10.6 Å². The van der Waals surface area contributed by atoms with Crippen LogP contribution in [0.15, 0.2) is 24.3 Å². The van der Waals surface area contributed by atoms with Crippen LogP contribution in [0.1, 0.15) is 51.4 Å². The highest BCUT2D eigenvalue weighted by molar-refractivity contribution is 5.98. The molecule has 2 amide bonds. The average Bonchev–Trinajstić information content (AvgIpc) is 2.38. The lowest BCUT2D eigenvalue weighted by Gasteiger charge is -2.24. The number of carbonyl (C=O) groups excluding carboxylic acids is 2. The maximum Gasteiger partial charge on any atom is 0.251 e. The molecule has 0 heterocycles. The zero-order chi connectivity index (χ0) is 16.3. The maximum atomic E-state index is 12.1. The molecule has 0 bridgehead atoms. The van der Waals surface area contributed by atoms with Gasteiger partial charge in [0.2, 0.25) is 5.91 Å². The Hall–Kier alpha value is -1.88. The van der Waals surface area contributed by atoms with Gasteiger partial charge in [0.05, 0.1) is 5.54 Å². The fourth-order valence-electron chi connectivity index (χ4n) is 1.47. The Balaban J connectivity index is 2.75. The summed E-state index contributed by atoms with van der Waals surface area (Å²) in [6.07, 6.45) is 0.846. The number of amides is 2. The van der Waals surface area contributed by atoms with E-state index in [1.54, 1.807) is 38.1 Å². The van der Waals surface area contributed by atoms with Gasteiger partial charge in [-0.25, -0.2) is 0 Å². The summed E-state index contributed by atoms with van der Waals surface area (Å²) in [6.45, 7) is 9.24. The van der Waals surface area contributed by atoms with Crippen molar-refractivity contribution in [1.82, 2.24) is 5.32 Å². The van der Waals surface area contributed by atoms with Gasteiger partial charge in [0, 0.05) is 16.8 Å². The van der Waals surface area contributed by atoms with Crippen LogP contribution in [0.2, 0.25) is 0 Å². The van der Waals surface area contributed by atoms with E-state index in [0.717, 1.165) is 6.42 Å². The summed E-state index contributed by atoms with van der Waals surface area (Å²) in [5.41, 5.74) is 5.70. The van der Waals surface area contributed by atoms with Crippen molar-refractivity contribution in [2.45, 2.75) is 52.1 Å². The average molecular weight is 291 g/mol. The normalized spacial score (nSPS) is 11.9.